The van der Waals surface area contributed by atoms with Gasteiger partial charge < -0.3 is 16.0 Å². The van der Waals surface area contributed by atoms with Crippen LogP contribution in [0.4, 0.5) is 18.0 Å². The number of halogens is 3. The average molecular weight is 213 g/mol. The van der Waals surface area contributed by atoms with Crippen LogP contribution in [0.15, 0.2) is 0 Å². The van der Waals surface area contributed by atoms with E-state index in [-0.39, 0.29) is 13.1 Å². The van der Waals surface area contributed by atoms with Gasteiger partial charge in [0.1, 0.15) is 6.54 Å². The third-order valence-electron chi connectivity index (χ3n) is 1.51. The molecular weight excluding hydrogens is 199 g/mol. The quantitative estimate of drug-likeness (QED) is 0.716. The predicted molar refractivity (Wildman–Crippen MR) is 45.8 cm³/mol. The van der Waals surface area contributed by atoms with Crippen molar-refractivity contribution in [2.24, 2.45) is 5.73 Å². The summed E-state index contributed by atoms with van der Waals surface area (Å²) < 4.78 is 35.1. The summed E-state index contributed by atoms with van der Waals surface area (Å²) in [6.07, 6.45) is -4.38. The minimum absolute atomic E-state index is 0.229. The van der Waals surface area contributed by atoms with Crippen LogP contribution in [0.1, 0.15) is 6.92 Å². The van der Waals surface area contributed by atoms with E-state index in [0.29, 0.717) is 6.54 Å². The maximum Gasteiger partial charge on any atom is 0.405 e. The van der Waals surface area contributed by atoms with Gasteiger partial charge in [0.25, 0.3) is 0 Å². The molecule has 0 aromatic heterocycles. The molecule has 0 spiro atoms. The third-order valence-corrected chi connectivity index (χ3v) is 1.51. The molecule has 14 heavy (non-hydrogen) atoms. The summed E-state index contributed by atoms with van der Waals surface area (Å²) in [6.45, 7) is 1.17. The topological polar surface area (TPSA) is 58.4 Å². The lowest BCUT2D eigenvalue weighted by molar-refractivity contribution is -0.123. The largest absolute Gasteiger partial charge is 0.405 e. The van der Waals surface area contributed by atoms with Gasteiger partial charge in [-0.15, -0.1) is 0 Å². The van der Waals surface area contributed by atoms with Crippen molar-refractivity contribution in [2.75, 3.05) is 26.2 Å². The first-order valence-corrected chi connectivity index (χ1v) is 4.20. The number of hydrogen-bond acceptors (Lipinski definition) is 2. The van der Waals surface area contributed by atoms with Crippen molar-refractivity contribution in [3.63, 3.8) is 0 Å². The Hall–Kier alpha value is -0.980. The number of likely N-dealkylation sites (N-methyl/N-ethyl adjacent to an activating group) is 1. The van der Waals surface area contributed by atoms with E-state index in [9.17, 15) is 18.0 Å². The van der Waals surface area contributed by atoms with Gasteiger partial charge in [-0.05, 0) is 6.92 Å². The molecule has 4 nitrogen and oxygen atoms in total. The molecule has 0 rings (SSSR count). The van der Waals surface area contributed by atoms with Crippen LogP contribution in [0, 0.1) is 0 Å². The first-order chi connectivity index (χ1) is 6.40. The molecule has 2 amide bonds. The van der Waals surface area contributed by atoms with Crippen molar-refractivity contribution in [1.82, 2.24) is 10.2 Å². The number of urea groups is 1. The molecule has 0 saturated carbocycles. The SMILES string of the molecule is CCN(CCN)C(=O)NCC(F)(F)F. The number of amides is 2. The number of carbonyl (C=O) groups is 1. The molecule has 0 aliphatic rings. The molecule has 0 heterocycles. The number of hydrogen-bond donors (Lipinski definition) is 2. The molecule has 0 aromatic rings. The van der Waals surface area contributed by atoms with Crippen LogP contribution in [0.2, 0.25) is 0 Å². The van der Waals surface area contributed by atoms with Crippen molar-refractivity contribution in [3.8, 4) is 0 Å². The number of nitrogens with one attached hydrogen (secondary N) is 1. The number of nitrogens with zero attached hydrogens (tertiary/aromatic N) is 1. The fourth-order valence-corrected chi connectivity index (χ4v) is 0.847. The first-order valence-electron chi connectivity index (χ1n) is 4.20. The summed E-state index contributed by atoms with van der Waals surface area (Å²) in [6, 6.07) is -0.740. The van der Waals surface area contributed by atoms with Crippen LogP contribution in [0.25, 0.3) is 0 Å². The van der Waals surface area contributed by atoms with Crippen molar-refractivity contribution >= 4 is 6.03 Å². The molecular formula is C7H14F3N3O. The van der Waals surface area contributed by atoms with Crippen LogP contribution in [0.5, 0.6) is 0 Å². The lowest BCUT2D eigenvalue weighted by Crippen LogP contribution is -2.45. The number of alkyl halides is 3. The van der Waals surface area contributed by atoms with Crippen LogP contribution < -0.4 is 11.1 Å². The summed E-state index contributed by atoms with van der Waals surface area (Å²) in [5, 5.41) is 1.76. The highest BCUT2D eigenvalue weighted by Crippen LogP contribution is 2.12. The maximum absolute atomic E-state index is 11.7. The second kappa shape index (κ2) is 5.69. The van der Waals surface area contributed by atoms with E-state index in [2.05, 4.69) is 0 Å². The summed E-state index contributed by atoms with van der Waals surface area (Å²) in [4.78, 5) is 12.3. The van der Waals surface area contributed by atoms with Crippen LogP contribution in [-0.4, -0.2) is 43.3 Å². The third kappa shape index (κ3) is 5.63. The fourth-order valence-electron chi connectivity index (χ4n) is 0.847. The van der Waals surface area contributed by atoms with Crippen LogP contribution in [0.3, 0.4) is 0 Å². The normalized spacial score (nSPS) is 11.2. The zero-order valence-electron chi connectivity index (χ0n) is 7.90. The van der Waals surface area contributed by atoms with E-state index in [1.165, 1.54) is 4.90 Å². The number of carbonyl (C=O) groups excluding carboxylic acids is 1. The minimum Gasteiger partial charge on any atom is -0.329 e. The molecule has 3 N–H and O–H groups in total. The number of rotatable bonds is 4. The van der Waals surface area contributed by atoms with Gasteiger partial charge in [0.2, 0.25) is 0 Å². The Morgan fingerprint density at radius 3 is 2.43 bits per heavy atom. The van der Waals surface area contributed by atoms with E-state index in [1.54, 1.807) is 12.2 Å². The molecule has 0 radical (unpaired) electrons. The van der Waals surface area contributed by atoms with Crippen molar-refractivity contribution in [1.29, 1.82) is 0 Å². The molecule has 0 fully saturated rings. The van der Waals surface area contributed by atoms with Crippen molar-refractivity contribution < 1.29 is 18.0 Å². The van der Waals surface area contributed by atoms with Gasteiger partial charge in [-0.2, -0.15) is 13.2 Å². The summed E-state index contributed by atoms with van der Waals surface area (Å²) in [7, 11) is 0. The molecule has 84 valence electrons. The van der Waals surface area contributed by atoms with Crippen LogP contribution in [-0.2, 0) is 0 Å². The second-order valence-corrected chi connectivity index (χ2v) is 2.64. The van der Waals surface area contributed by atoms with Crippen molar-refractivity contribution in [3.05, 3.63) is 0 Å². The van der Waals surface area contributed by atoms with Gasteiger partial charge in [0.05, 0.1) is 0 Å². The lowest BCUT2D eigenvalue weighted by atomic mass is 10.5. The second-order valence-electron chi connectivity index (χ2n) is 2.64. The summed E-state index contributed by atoms with van der Waals surface area (Å²) >= 11 is 0. The molecule has 0 saturated heterocycles. The zero-order valence-corrected chi connectivity index (χ0v) is 7.90. The van der Waals surface area contributed by atoms with Gasteiger partial charge in [-0.25, -0.2) is 4.79 Å². The number of nitrogens with two attached hydrogens (primary N) is 1. The molecule has 0 aromatic carbocycles. The Labute approximate surface area is 80.2 Å². The fraction of sp³-hybridized carbons (Fsp3) is 0.857. The highest BCUT2D eigenvalue weighted by molar-refractivity contribution is 5.74. The Morgan fingerprint density at radius 2 is 2.07 bits per heavy atom. The monoisotopic (exact) mass is 213 g/mol. The molecule has 0 atom stereocenters. The van der Waals surface area contributed by atoms with E-state index < -0.39 is 18.8 Å². The van der Waals surface area contributed by atoms with E-state index in [0.717, 1.165) is 0 Å². The highest BCUT2D eigenvalue weighted by atomic mass is 19.4. The molecule has 7 heteroatoms. The standard InChI is InChI=1S/C7H14F3N3O/c1-2-13(4-3-11)6(14)12-5-7(8,9)10/h2-5,11H2,1H3,(H,12,14). The van der Waals surface area contributed by atoms with Gasteiger partial charge >= 0.3 is 12.2 Å². The van der Waals surface area contributed by atoms with Gasteiger partial charge in [0.15, 0.2) is 0 Å². The first kappa shape index (κ1) is 13.0. The molecule has 0 aliphatic heterocycles. The average Bonchev–Trinajstić information content (AvgIpc) is 2.09. The molecule has 0 bridgehead atoms. The summed E-state index contributed by atoms with van der Waals surface area (Å²) in [5.41, 5.74) is 5.18. The Morgan fingerprint density at radius 1 is 1.50 bits per heavy atom. The zero-order chi connectivity index (χ0) is 11.2. The van der Waals surface area contributed by atoms with E-state index in [4.69, 9.17) is 5.73 Å². The van der Waals surface area contributed by atoms with Crippen LogP contribution >= 0.6 is 0 Å². The maximum atomic E-state index is 11.7. The summed E-state index contributed by atoms with van der Waals surface area (Å²) in [5.74, 6) is 0. The molecule has 0 unspecified atom stereocenters. The Balaban J connectivity index is 3.93. The van der Waals surface area contributed by atoms with Crippen molar-refractivity contribution in [2.45, 2.75) is 13.1 Å². The minimum atomic E-state index is -4.38. The Kier molecular flexibility index (Phi) is 5.29. The smallest absolute Gasteiger partial charge is 0.329 e. The van der Waals surface area contributed by atoms with E-state index >= 15 is 0 Å². The van der Waals surface area contributed by atoms with Gasteiger partial charge in [-0.1, -0.05) is 0 Å². The van der Waals surface area contributed by atoms with Gasteiger partial charge in [-0.3, -0.25) is 0 Å². The highest BCUT2D eigenvalue weighted by Gasteiger charge is 2.28. The van der Waals surface area contributed by atoms with E-state index in [1.807, 2.05) is 0 Å². The molecule has 0 aliphatic carbocycles. The lowest BCUT2D eigenvalue weighted by Gasteiger charge is -2.20. The predicted octanol–water partition coefficient (Wildman–Crippen LogP) is 0.539. The van der Waals surface area contributed by atoms with Gasteiger partial charge in [0, 0.05) is 19.6 Å². The Bertz CT molecular complexity index is 184.